The molecule has 2 unspecified atom stereocenters. The molecule has 1 amide bonds. The minimum absolute atomic E-state index is 0.157. The number of hydrogen-bond donors (Lipinski definition) is 2. The number of amides is 1. The van der Waals surface area contributed by atoms with Gasteiger partial charge < -0.3 is 10.6 Å². The van der Waals surface area contributed by atoms with E-state index in [9.17, 15) is 4.79 Å². The van der Waals surface area contributed by atoms with Gasteiger partial charge in [-0.15, -0.1) is 0 Å². The smallest absolute Gasteiger partial charge is 0.234 e. The van der Waals surface area contributed by atoms with Crippen molar-refractivity contribution >= 4 is 5.91 Å². The zero-order valence-corrected chi connectivity index (χ0v) is 12.9. The van der Waals surface area contributed by atoms with Crippen LogP contribution in [0.3, 0.4) is 0 Å². The van der Waals surface area contributed by atoms with Crippen LogP contribution in [0.5, 0.6) is 0 Å². The second-order valence-electron chi connectivity index (χ2n) is 5.95. The molecule has 1 saturated heterocycles. The van der Waals surface area contributed by atoms with Crippen LogP contribution in [0.15, 0.2) is 0 Å². The van der Waals surface area contributed by atoms with E-state index in [1.54, 1.807) is 0 Å². The fourth-order valence-electron chi connectivity index (χ4n) is 2.69. The van der Waals surface area contributed by atoms with Crippen LogP contribution in [0.4, 0.5) is 0 Å². The van der Waals surface area contributed by atoms with Crippen molar-refractivity contribution < 1.29 is 4.79 Å². The number of nitrogens with zero attached hydrogens (tertiary/aromatic N) is 1. The molecule has 1 fully saturated rings. The maximum Gasteiger partial charge on any atom is 0.234 e. The van der Waals surface area contributed by atoms with Crippen LogP contribution in [-0.4, -0.2) is 49.6 Å². The van der Waals surface area contributed by atoms with Gasteiger partial charge in [0.2, 0.25) is 5.91 Å². The minimum Gasteiger partial charge on any atom is -0.353 e. The average Bonchev–Trinajstić information content (AvgIpc) is 2.81. The quantitative estimate of drug-likeness (QED) is 0.627. The van der Waals surface area contributed by atoms with Crippen molar-refractivity contribution in [3.63, 3.8) is 0 Å². The van der Waals surface area contributed by atoms with Gasteiger partial charge in [0.15, 0.2) is 0 Å². The van der Waals surface area contributed by atoms with Gasteiger partial charge in [-0.1, -0.05) is 26.2 Å². The molecule has 1 rings (SSSR count). The lowest BCUT2D eigenvalue weighted by Gasteiger charge is -2.22. The van der Waals surface area contributed by atoms with Crippen LogP contribution in [0.25, 0.3) is 0 Å². The molecule has 0 saturated carbocycles. The van der Waals surface area contributed by atoms with Crippen LogP contribution in [0, 0.1) is 0 Å². The Bertz CT molecular complexity index is 252. The highest BCUT2D eigenvalue weighted by atomic mass is 16.2. The molecule has 0 aliphatic carbocycles. The van der Waals surface area contributed by atoms with Gasteiger partial charge in [-0.25, -0.2) is 0 Å². The number of carbonyl (C=O) groups is 1. The number of unbranched alkanes of at least 4 members (excludes halogenated alkanes) is 2. The van der Waals surface area contributed by atoms with Crippen LogP contribution < -0.4 is 10.6 Å². The fraction of sp³-hybridized carbons (Fsp3) is 0.933. The van der Waals surface area contributed by atoms with Gasteiger partial charge in [0.25, 0.3) is 0 Å². The summed E-state index contributed by atoms with van der Waals surface area (Å²) in [6.45, 7) is 6.91. The Morgan fingerprint density at radius 2 is 2.26 bits per heavy atom. The van der Waals surface area contributed by atoms with Crippen molar-refractivity contribution in [3.05, 3.63) is 0 Å². The van der Waals surface area contributed by atoms with E-state index in [-0.39, 0.29) is 5.91 Å². The largest absolute Gasteiger partial charge is 0.353 e. The van der Waals surface area contributed by atoms with E-state index in [1.807, 2.05) is 7.05 Å². The number of rotatable bonds is 9. The lowest BCUT2D eigenvalue weighted by atomic mass is 10.1. The molecule has 0 radical (unpaired) electrons. The van der Waals surface area contributed by atoms with Crippen LogP contribution in [0.1, 0.15) is 52.4 Å². The van der Waals surface area contributed by atoms with Crippen molar-refractivity contribution in [2.24, 2.45) is 0 Å². The summed E-state index contributed by atoms with van der Waals surface area (Å²) in [4.78, 5) is 14.0. The molecule has 2 N–H and O–H groups in total. The SMILES string of the molecule is CCCCCC(C)NC(=O)CN(C)CC1CCCN1. The first-order valence-electron chi connectivity index (χ1n) is 7.83. The van der Waals surface area contributed by atoms with Gasteiger partial charge >= 0.3 is 0 Å². The third-order valence-electron chi connectivity index (χ3n) is 3.76. The Morgan fingerprint density at radius 3 is 2.89 bits per heavy atom. The van der Waals surface area contributed by atoms with E-state index in [4.69, 9.17) is 0 Å². The molecule has 0 aromatic rings. The van der Waals surface area contributed by atoms with Gasteiger partial charge in [0, 0.05) is 18.6 Å². The lowest BCUT2D eigenvalue weighted by Crippen LogP contribution is -2.43. The second kappa shape index (κ2) is 9.32. The molecular weight excluding hydrogens is 238 g/mol. The maximum atomic E-state index is 11.9. The van der Waals surface area contributed by atoms with E-state index in [1.165, 1.54) is 32.1 Å². The Balaban J connectivity index is 2.11. The van der Waals surface area contributed by atoms with Gasteiger partial charge in [-0.2, -0.15) is 0 Å². The minimum atomic E-state index is 0.157. The molecule has 0 aromatic heterocycles. The van der Waals surface area contributed by atoms with E-state index in [0.29, 0.717) is 18.6 Å². The monoisotopic (exact) mass is 269 g/mol. The van der Waals surface area contributed by atoms with Crippen molar-refractivity contribution in [1.82, 2.24) is 15.5 Å². The highest BCUT2D eigenvalue weighted by Crippen LogP contribution is 2.06. The van der Waals surface area contributed by atoms with E-state index >= 15 is 0 Å². The van der Waals surface area contributed by atoms with E-state index < -0.39 is 0 Å². The molecule has 112 valence electrons. The highest BCUT2D eigenvalue weighted by Gasteiger charge is 2.17. The number of nitrogens with one attached hydrogen (secondary N) is 2. The van der Waals surface area contributed by atoms with Crippen molar-refractivity contribution in [3.8, 4) is 0 Å². The zero-order chi connectivity index (χ0) is 14.1. The summed E-state index contributed by atoms with van der Waals surface area (Å²) in [7, 11) is 2.03. The Hall–Kier alpha value is -0.610. The Kier molecular flexibility index (Phi) is 8.07. The summed E-state index contributed by atoms with van der Waals surface area (Å²) in [6, 6.07) is 0.872. The topological polar surface area (TPSA) is 44.4 Å². The first-order valence-corrected chi connectivity index (χ1v) is 7.83. The van der Waals surface area contributed by atoms with Gasteiger partial charge in [0.1, 0.15) is 0 Å². The van der Waals surface area contributed by atoms with Crippen molar-refractivity contribution in [2.75, 3.05) is 26.7 Å². The molecule has 0 spiro atoms. The molecule has 19 heavy (non-hydrogen) atoms. The van der Waals surface area contributed by atoms with Crippen molar-refractivity contribution in [1.29, 1.82) is 0 Å². The first-order chi connectivity index (χ1) is 9.11. The van der Waals surface area contributed by atoms with E-state index in [0.717, 1.165) is 19.5 Å². The molecule has 0 bridgehead atoms. The van der Waals surface area contributed by atoms with Crippen LogP contribution in [0.2, 0.25) is 0 Å². The number of likely N-dealkylation sites (N-methyl/N-ethyl adjacent to an activating group) is 1. The maximum absolute atomic E-state index is 11.9. The van der Waals surface area contributed by atoms with Gasteiger partial charge in [-0.05, 0) is 39.8 Å². The summed E-state index contributed by atoms with van der Waals surface area (Å²) >= 11 is 0. The third-order valence-corrected chi connectivity index (χ3v) is 3.76. The highest BCUT2D eigenvalue weighted by molar-refractivity contribution is 5.78. The zero-order valence-electron chi connectivity index (χ0n) is 12.9. The number of carbonyl (C=O) groups excluding carboxylic acids is 1. The predicted molar refractivity (Wildman–Crippen MR) is 80.3 cm³/mol. The fourth-order valence-corrected chi connectivity index (χ4v) is 2.69. The molecule has 1 aliphatic rings. The van der Waals surface area contributed by atoms with Crippen molar-refractivity contribution in [2.45, 2.75) is 64.5 Å². The van der Waals surface area contributed by atoms with E-state index in [2.05, 4.69) is 29.4 Å². The first kappa shape index (κ1) is 16.4. The summed E-state index contributed by atoms with van der Waals surface area (Å²) in [6.07, 6.45) is 7.29. The van der Waals surface area contributed by atoms with Gasteiger partial charge in [-0.3, -0.25) is 9.69 Å². The normalized spacial score (nSPS) is 20.7. The third kappa shape index (κ3) is 7.53. The van der Waals surface area contributed by atoms with Crippen LogP contribution in [-0.2, 0) is 4.79 Å². The molecule has 4 nitrogen and oxygen atoms in total. The molecule has 4 heteroatoms. The standard InChI is InChI=1S/C15H31N3O/c1-4-5-6-8-13(2)17-15(19)12-18(3)11-14-9-7-10-16-14/h13-14,16H,4-12H2,1-3H3,(H,17,19). The van der Waals surface area contributed by atoms with Crippen LogP contribution >= 0.6 is 0 Å². The molecule has 1 aliphatic heterocycles. The summed E-state index contributed by atoms with van der Waals surface area (Å²) in [5, 5.41) is 6.56. The lowest BCUT2D eigenvalue weighted by molar-refractivity contribution is -0.122. The molecule has 1 heterocycles. The average molecular weight is 269 g/mol. The summed E-state index contributed by atoms with van der Waals surface area (Å²) < 4.78 is 0. The molecular formula is C15H31N3O. The summed E-state index contributed by atoms with van der Waals surface area (Å²) in [5.74, 6) is 0.157. The number of hydrogen-bond acceptors (Lipinski definition) is 3. The van der Waals surface area contributed by atoms with Gasteiger partial charge in [0.05, 0.1) is 6.54 Å². The molecule has 2 atom stereocenters. The Labute approximate surface area is 118 Å². The molecule has 0 aromatic carbocycles. The summed E-state index contributed by atoms with van der Waals surface area (Å²) in [5.41, 5.74) is 0. The Morgan fingerprint density at radius 1 is 1.47 bits per heavy atom. The second-order valence-corrected chi connectivity index (χ2v) is 5.95. The predicted octanol–water partition coefficient (Wildman–Crippen LogP) is 1.76.